The van der Waals surface area contributed by atoms with Crippen LogP contribution in [-0.2, 0) is 11.3 Å². The summed E-state index contributed by atoms with van der Waals surface area (Å²) in [6, 6.07) is 9.78. The molecule has 0 radical (unpaired) electrons. The molecule has 1 aliphatic rings. The van der Waals surface area contributed by atoms with Crippen molar-refractivity contribution in [3.05, 3.63) is 48.3 Å². The Hall–Kier alpha value is -2.34. The van der Waals surface area contributed by atoms with E-state index in [1.165, 1.54) is 0 Å². The first-order chi connectivity index (χ1) is 11.3. The second kappa shape index (κ2) is 7.28. The molecule has 3 rings (SSSR count). The summed E-state index contributed by atoms with van der Waals surface area (Å²) in [4.78, 5) is 14.6. The number of nitrogens with zero attached hydrogens (tertiary/aromatic N) is 3. The summed E-state index contributed by atoms with van der Waals surface area (Å²) in [5.41, 5.74) is 1.05. The van der Waals surface area contributed by atoms with Crippen LogP contribution in [0.2, 0.25) is 0 Å². The number of carbonyl (C=O) groups is 1. The van der Waals surface area contributed by atoms with Crippen LogP contribution < -0.4 is 10.1 Å². The highest BCUT2D eigenvalue weighted by Gasteiger charge is 2.29. The van der Waals surface area contributed by atoms with Crippen molar-refractivity contribution >= 4 is 5.91 Å². The zero-order valence-corrected chi connectivity index (χ0v) is 13.3. The number of rotatable bonds is 5. The largest absolute Gasteiger partial charge is 0.496 e. The minimum Gasteiger partial charge on any atom is -0.496 e. The Balaban J connectivity index is 1.74. The molecule has 2 aromatic rings. The lowest BCUT2D eigenvalue weighted by molar-refractivity contribution is -0.134. The molecule has 2 heterocycles. The Morgan fingerprint density at radius 2 is 2.26 bits per heavy atom. The van der Waals surface area contributed by atoms with E-state index >= 15 is 0 Å². The Morgan fingerprint density at radius 3 is 3.04 bits per heavy atom. The quantitative estimate of drug-likeness (QED) is 0.907. The average Bonchev–Trinajstić information content (AvgIpc) is 3.13. The van der Waals surface area contributed by atoms with Crippen LogP contribution in [-0.4, -0.2) is 47.3 Å². The first kappa shape index (κ1) is 15.6. The number of piperazine rings is 1. The molecule has 1 aromatic carbocycles. The summed E-state index contributed by atoms with van der Waals surface area (Å²) in [6.45, 7) is 2.88. The predicted molar refractivity (Wildman–Crippen MR) is 87.2 cm³/mol. The van der Waals surface area contributed by atoms with E-state index in [4.69, 9.17) is 4.74 Å². The molecule has 0 spiro atoms. The molecule has 0 aliphatic carbocycles. The summed E-state index contributed by atoms with van der Waals surface area (Å²) in [7, 11) is 1.67. The number of aryl methyl sites for hydroxylation is 1. The lowest BCUT2D eigenvalue weighted by Gasteiger charge is -2.37. The molecular formula is C17H22N4O2. The number of nitrogens with one attached hydrogen (secondary N) is 1. The molecular weight excluding hydrogens is 292 g/mol. The van der Waals surface area contributed by atoms with E-state index in [0.29, 0.717) is 19.5 Å². The molecule has 122 valence electrons. The minimum absolute atomic E-state index is 0.00465. The first-order valence-corrected chi connectivity index (χ1v) is 7.90. The van der Waals surface area contributed by atoms with Gasteiger partial charge in [-0.1, -0.05) is 18.2 Å². The normalized spacial score (nSPS) is 18.0. The van der Waals surface area contributed by atoms with Crippen molar-refractivity contribution in [3.8, 4) is 5.75 Å². The van der Waals surface area contributed by atoms with Crippen LogP contribution in [0.5, 0.6) is 5.75 Å². The SMILES string of the molecule is COc1ccccc1C1CNCCN1C(=O)CCn1cccn1. The van der Waals surface area contributed by atoms with Crippen molar-refractivity contribution in [3.63, 3.8) is 0 Å². The molecule has 6 heteroatoms. The van der Waals surface area contributed by atoms with Crippen molar-refractivity contribution in [2.45, 2.75) is 19.0 Å². The second-order valence-electron chi connectivity index (χ2n) is 5.57. The molecule has 1 N–H and O–H groups in total. The highest BCUT2D eigenvalue weighted by molar-refractivity contribution is 5.77. The van der Waals surface area contributed by atoms with Crippen LogP contribution in [0.3, 0.4) is 0 Å². The van der Waals surface area contributed by atoms with Crippen LogP contribution in [0.25, 0.3) is 0 Å². The summed E-state index contributed by atoms with van der Waals surface area (Å²) < 4.78 is 7.26. The van der Waals surface area contributed by atoms with Gasteiger partial charge in [-0.3, -0.25) is 9.48 Å². The van der Waals surface area contributed by atoms with Crippen molar-refractivity contribution in [1.29, 1.82) is 0 Å². The molecule has 23 heavy (non-hydrogen) atoms. The van der Waals surface area contributed by atoms with Gasteiger partial charge in [0.15, 0.2) is 0 Å². The zero-order valence-electron chi connectivity index (χ0n) is 13.3. The fourth-order valence-electron chi connectivity index (χ4n) is 3.01. The van der Waals surface area contributed by atoms with Gasteiger partial charge in [-0.15, -0.1) is 0 Å². The zero-order chi connectivity index (χ0) is 16.1. The lowest BCUT2D eigenvalue weighted by Crippen LogP contribution is -2.49. The fraction of sp³-hybridized carbons (Fsp3) is 0.412. The van der Waals surface area contributed by atoms with Gasteiger partial charge in [0, 0.05) is 50.6 Å². The van der Waals surface area contributed by atoms with Gasteiger partial charge in [0.2, 0.25) is 5.91 Å². The van der Waals surface area contributed by atoms with E-state index in [9.17, 15) is 4.79 Å². The smallest absolute Gasteiger partial charge is 0.225 e. The van der Waals surface area contributed by atoms with Gasteiger partial charge in [-0.25, -0.2) is 0 Å². The van der Waals surface area contributed by atoms with E-state index in [-0.39, 0.29) is 11.9 Å². The van der Waals surface area contributed by atoms with Crippen LogP contribution in [0.1, 0.15) is 18.0 Å². The Kier molecular flexibility index (Phi) is 4.92. The number of amides is 1. The second-order valence-corrected chi connectivity index (χ2v) is 5.57. The highest BCUT2D eigenvalue weighted by atomic mass is 16.5. The van der Waals surface area contributed by atoms with E-state index in [0.717, 1.165) is 24.4 Å². The first-order valence-electron chi connectivity index (χ1n) is 7.90. The standard InChI is InChI=1S/C17H22N4O2/c1-23-16-6-3-2-5-14(16)15-13-18-9-12-21(15)17(22)7-11-20-10-4-8-19-20/h2-6,8,10,15,18H,7,9,11-13H2,1H3. The lowest BCUT2D eigenvalue weighted by atomic mass is 10.0. The number of aromatic nitrogens is 2. The Bertz CT molecular complexity index is 642. The molecule has 1 aromatic heterocycles. The summed E-state index contributed by atoms with van der Waals surface area (Å²) in [6.07, 6.45) is 4.06. The van der Waals surface area contributed by atoms with Gasteiger partial charge in [0.1, 0.15) is 5.75 Å². The molecule has 1 saturated heterocycles. The Labute approximate surface area is 136 Å². The number of hydrogen-bond donors (Lipinski definition) is 1. The number of methoxy groups -OCH3 is 1. The molecule has 1 atom stereocenters. The van der Waals surface area contributed by atoms with E-state index in [2.05, 4.69) is 10.4 Å². The van der Waals surface area contributed by atoms with E-state index in [1.54, 1.807) is 18.0 Å². The fourth-order valence-corrected chi connectivity index (χ4v) is 3.01. The van der Waals surface area contributed by atoms with Gasteiger partial charge < -0.3 is 15.0 Å². The van der Waals surface area contributed by atoms with Gasteiger partial charge >= 0.3 is 0 Å². The van der Waals surface area contributed by atoms with E-state index in [1.807, 2.05) is 41.4 Å². The molecule has 1 fully saturated rings. The number of para-hydroxylation sites is 1. The summed E-state index contributed by atoms with van der Waals surface area (Å²) >= 11 is 0. The van der Waals surface area contributed by atoms with Crippen LogP contribution in [0.15, 0.2) is 42.7 Å². The predicted octanol–water partition coefficient (Wildman–Crippen LogP) is 1.45. The highest BCUT2D eigenvalue weighted by Crippen LogP contribution is 2.30. The van der Waals surface area contributed by atoms with Crippen molar-refractivity contribution in [2.75, 3.05) is 26.7 Å². The van der Waals surface area contributed by atoms with Crippen LogP contribution >= 0.6 is 0 Å². The average molecular weight is 314 g/mol. The minimum atomic E-state index is 0.00465. The van der Waals surface area contributed by atoms with Gasteiger partial charge in [-0.2, -0.15) is 5.10 Å². The number of ether oxygens (including phenoxy) is 1. The Morgan fingerprint density at radius 1 is 1.39 bits per heavy atom. The topological polar surface area (TPSA) is 59.4 Å². The number of carbonyl (C=O) groups excluding carboxylic acids is 1. The molecule has 0 bridgehead atoms. The van der Waals surface area contributed by atoms with Gasteiger partial charge in [0.25, 0.3) is 0 Å². The van der Waals surface area contributed by atoms with Gasteiger partial charge in [-0.05, 0) is 12.1 Å². The summed E-state index contributed by atoms with van der Waals surface area (Å²) in [5, 5.41) is 7.52. The number of benzene rings is 1. The van der Waals surface area contributed by atoms with Crippen LogP contribution in [0.4, 0.5) is 0 Å². The maximum absolute atomic E-state index is 12.7. The molecule has 1 unspecified atom stereocenters. The third kappa shape index (κ3) is 3.53. The number of hydrogen-bond acceptors (Lipinski definition) is 4. The van der Waals surface area contributed by atoms with Crippen molar-refractivity contribution < 1.29 is 9.53 Å². The molecule has 1 amide bonds. The maximum Gasteiger partial charge on any atom is 0.225 e. The molecule has 6 nitrogen and oxygen atoms in total. The van der Waals surface area contributed by atoms with Crippen LogP contribution in [0, 0.1) is 0 Å². The van der Waals surface area contributed by atoms with Crippen molar-refractivity contribution in [2.24, 2.45) is 0 Å². The van der Waals surface area contributed by atoms with Gasteiger partial charge in [0.05, 0.1) is 13.2 Å². The summed E-state index contributed by atoms with van der Waals surface area (Å²) in [5.74, 6) is 0.976. The third-order valence-corrected chi connectivity index (χ3v) is 4.18. The maximum atomic E-state index is 12.7. The monoisotopic (exact) mass is 314 g/mol. The third-order valence-electron chi connectivity index (χ3n) is 4.18. The molecule has 0 saturated carbocycles. The molecule has 1 aliphatic heterocycles. The van der Waals surface area contributed by atoms with E-state index < -0.39 is 0 Å². The van der Waals surface area contributed by atoms with Crippen molar-refractivity contribution in [1.82, 2.24) is 20.0 Å².